The number of ether oxygens (including phenoxy) is 1. The highest BCUT2D eigenvalue weighted by Gasteiger charge is 2.21. The predicted molar refractivity (Wildman–Crippen MR) is 80.6 cm³/mol. The molecule has 2 rings (SSSR count). The minimum Gasteiger partial charge on any atom is -0.496 e. The SMILES string of the molecule is COc1cc(NC(=O)[C@@H]([NH3+])C(C)C)cc2ccccc12. The van der Waals surface area contributed by atoms with Crippen molar-refractivity contribution in [2.45, 2.75) is 19.9 Å². The van der Waals surface area contributed by atoms with Gasteiger partial charge in [-0.25, -0.2) is 0 Å². The van der Waals surface area contributed by atoms with Gasteiger partial charge in [-0.3, -0.25) is 4.79 Å². The molecule has 0 aliphatic rings. The molecule has 0 saturated carbocycles. The summed E-state index contributed by atoms with van der Waals surface area (Å²) in [7, 11) is 1.63. The Morgan fingerprint density at radius 2 is 1.95 bits per heavy atom. The lowest BCUT2D eigenvalue weighted by atomic mass is 10.0. The lowest BCUT2D eigenvalue weighted by Crippen LogP contribution is -2.68. The van der Waals surface area contributed by atoms with Crippen LogP contribution in [0.4, 0.5) is 5.69 Å². The van der Waals surface area contributed by atoms with Gasteiger partial charge in [0.2, 0.25) is 0 Å². The molecule has 0 bridgehead atoms. The minimum atomic E-state index is -0.271. The van der Waals surface area contributed by atoms with Crippen molar-refractivity contribution < 1.29 is 15.3 Å². The number of hydrogen-bond donors (Lipinski definition) is 2. The van der Waals surface area contributed by atoms with Crippen LogP contribution in [0, 0.1) is 5.92 Å². The zero-order chi connectivity index (χ0) is 14.7. The number of quaternary nitrogens is 1. The van der Waals surface area contributed by atoms with Crippen LogP contribution in [0.25, 0.3) is 10.8 Å². The average Bonchev–Trinajstić information content (AvgIpc) is 2.45. The summed E-state index contributed by atoms with van der Waals surface area (Å²) in [5.41, 5.74) is 4.63. The molecule has 0 aliphatic carbocycles. The molecule has 2 aromatic rings. The lowest BCUT2D eigenvalue weighted by Gasteiger charge is -2.14. The number of amides is 1. The number of rotatable bonds is 4. The summed E-state index contributed by atoms with van der Waals surface area (Å²) in [6.07, 6.45) is 0. The first-order valence-electron chi connectivity index (χ1n) is 6.73. The monoisotopic (exact) mass is 273 g/mol. The Hall–Kier alpha value is -2.07. The van der Waals surface area contributed by atoms with Gasteiger partial charge in [-0.1, -0.05) is 38.1 Å². The molecule has 0 spiro atoms. The first-order chi connectivity index (χ1) is 9.52. The zero-order valence-corrected chi connectivity index (χ0v) is 12.1. The second kappa shape index (κ2) is 5.92. The van der Waals surface area contributed by atoms with Gasteiger partial charge in [0.25, 0.3) is 5.91 Å². The second-order valence-electron chi connectivity index (χ2n) is 5.24. The van der Waals surface area contributed by atoms with Gasteiger partial charge < -0.3 is 15.8 Å². The standard InChI is InChI=1S/C16H20N2O2/c1-10(2)15(17)16(19)18-12-8-11-6-4-5-7-13(11)14(9-12)20-3/h4-10,15H,17H2,1-3H3,(H,18,19)/p+1/t15-/m0/s1. The van der Waals surface area contributed by atoms with Crippen molar-refractivity contribution in [2.75, 3.05) is 12.4 Å². The topological polar surface area (TPSA) is 66.0 Å². The highest BCUT2D eigenvalue weighted by molar-refractivity contribution is 5.98. The summed E-state index contributed by atoms with van der Waals surface area (Å²) in [6, 6.07) is 11.4. The first kappa shape index (κ1) is 14.3. The van der Waals surface area contributed by atoms with Gasteiger partial charge in [0, 0.05) is 23.1 Å². The maximum Gasteiger partial charge on any atom is 0.282 e. The van der Waals surface area contributed by atoms with E-state index in [2.05, 4.69) is 11.1 Å². The third-order valence-electron chi connectivity index (χ3n) is 3.45. The maximum absolute atomic E-state index is 12.1. The van der Waals surface area contributed by atoms with E-state index in [1.165, 1.54) is 0 Å². The molecular formula is C16H21N2O2+. The van der Waals surface area contributed by atoms with Crippen LogP contribution < -0.4 is 15.8 Å². The third kappa shape index (κ3) is 2.91. The van der Waals surface area contributed by atoms with E-state index in [9.17, 15) is 4.79 Å². The van der Waals surface area contributed by atoms with Crippen molar-refractivity contribution >= 4 is 22.4 Å². The quantitative estimate of drug-likeness (QED) is 0.895. The van der Waals surface area contributed by atoms with Crippen LogP contribution in [0.1, 0.15) is 13.8 Å². The molecule has 0 aliphatic heterocycles. The van der Waals surface area contributed by atoms with Crippen LogP contribution in [-0.2, 0) is 4.79 Å². The fraction of sp³-hybridized carbons (Fsp3) is 0.312. The van der Waals surface area contributed by atoms with Crippen LogP contribution in [0.5, 0.6) is 5.75 Å². The highest BCUT2D eigenvalue weighted by atomic mass is 16.5. The molecule has 0 saturated heterocycles. The molecule has 0 aromatic heterocycles. The van der Waals surface area contributed by atoms with E-state index in [-0.39, 0.29) is 17.9 Å². The number of hydrogen-bond acceptors (Lipinski definition) is 2. The zero-order valence-electron chi connectivity index (χ0n) is 12.1. The summed E-state index contributed by atoms with van der Waals surface area (Å²) >= 11 is 0. The summed E-state index contributed by atoms with van der Waals surface area (Å²) in [5, 5.41) is 4.97. The van der Waals surface area contributed by atoms with E-state index in [0.717, 1.165) is 22.2 Å². The summed E-state index contributed by atoms with van der Waals surface area (Å²) in [6.45, 7) is 3.97. The summed E-state index contributed by atoms with van der Waals surface area (Å²) in [5.74, 6) is 0.887. The number of fused-ring (bicyclic) bond motifs is 1. The molecule has 1 atom stereocenters. The van der Waals surface area contributed by atoms with Crippen molar-refractivity contribution in [2.24, 2.45) is 5.92 Å². The Balaban J connectivity index is 2.33. The van der Waals surface area contributed by atoms with E-state index >= 15 is 0 Å². The molecule has 4 heteroatoms. The Kier molecular flexibility index (Phi) is 4.25. The van der Waals surface area contributed by atoms with Crippen molar-refractivity contribution in [3.63, 3.8) is 0 Å². The molecule has 4 nitrogen and oxygen atoms in total. The Morgan fingerprint density at radius 1 is 1.25 bits per heavy atom. The van der Waals surface area contributed by atoms with Crippen LogP contribution in [-0.4, -0.2) is 19.1 Å². The largest absolute Gasteiger partial charge is 0.496 e. The van der Waals surface area contributed by atoms with Gasteiger partial charge in [-0.2, -0.15) is 0 Å². The van der Waals surface area contributed by atoms with Crippen LogP contribution in [0.3, 0.4) is 0 Å². The van der Waals surface area contributed by atoms with Gasteiger partial charge in [-0.05, 0) is 11.5 Å². The van der Waals surface area contributed by atoms with Gasteiger partial charge in [0.15, 0.2) is 6.04 Å². The number of carbonyl (C=O) groups is 1. The summed E-state index contributed by atoms with van der Waals surface area (Å²) in [4.78, 5) is 12.1. The summed E-state index contributed by atoms with van der Waals surface area (Å²) < 4.78 is 5.39. The number of benzene rings is 2. The second-order valence-corrected chi connectivity index (χ2v) is 5.24. The normalized spacial score (nSPS) is 12.4. The number of nitrogens with one attached hydrogen (secondary N) is 1. The molecule has 2 aromatic carbocycles. The van der Waals surface area contributed by atoms with Crippen molar-refractivity contribution in [1.82, 2.24) is 0 Å². The number of anilines is 1. The number of carbonyl (C=O) groups excluding carboxylic acids is 1. The molecule has 20 heavy (non-hydrogen) atoms. The molecule has 4 N–H and O–H groups in total. The smallest absolute Gasteiger partial charge is 0.282 e. The molecular weight excluding hydrogens is 252 g/mol. The van der Waals surface area contributed by atoms with E-state index in [1.54, 1.807) is 7.11 Å². The fourth-order valence-corrected chi connectivity index (χ4v) is 2.05. The Morgan fingerprint density at radius 3 is 2.60 bits per heavy atom. The van der Waals surface area contributed by atoms with Crippen molar-refractivity contribution in [1.29, 1.82) is 0 Å². The molecule has 0 unspecified atom stereocenters. The molecule has 0 heterocycles. The van der Waals surface area contributed by atoms with Gasteiger partial charge in [0.05, 0.1) is 7.11 Å². The predicted octanol–water partition coefficient (Wildman–Crippen LogP) is 2.05. The van der Waals surface area contributed by atoms with E-state index in [0.29, 0.717) is 0 Å². The molecule has 106 valence electrons. The highest BCUT2D eigenvalue weighted by Crippen LogP contribution is 2.29. The van der Waals surface area contributed by atoms with E-state index < -0.39 is 0 Å². The number of methoxy groups -OCH3 is 1. The van der Waals surface area contributed by atoms with E-state index in [4.69, 9.17) is 4.74 Å². The van der Waals surface area contributed by atoms with Crippen molar-refractivity contribution in [3.8, 4) is 5.75 Å². The molecule has 0 radical (unpaired) electrons. The fourth-order valence-electron chi connectivity index (χ4n) is 2.05. The van der Waals surface area contributed by atoms with Gasteiger partial charge in [-0.15, -0.1) is 0 Å². The van der Waals surface area contributed by atoms with E-state index in [1.807, 2.05) is 50.2 Å². The van der Waals surface area contributed by atoms with Gasteiger partial charge >= 0.3 is 0 Å². The van der Waals surface area contributed by atoms with Crippen LogP contribution in [0.15, 0.2) is 36.4 Å². The van der Waals surface area contributed by atoms with Gasteiger partial charge in [0.1, 0.15) is 5.75 Å². The molecule has 0 fully saturated rings. The Bertz CT molecular complexity index is 623. The third-order valence-corrected chi connectivity index (χ3v) is 3.45. The lowest BCUT2D eigenvalue weighted by molar-refractivity contribution is -0.412. The van der Waals surface area contributed by atoms with Crippen LogP contribution in [0.2, 0.25) is 0 Å². The average molecular weight is 273 g/mol. The minimum absolute atomic E-state index is 0.0719. The Labute approximate surface area is 118 Å². The van der Waals surface area contributed by atoms with Crippen LogP contribution >= 0.6 is 0 Å². The molecule has 1 amide bonds. The maximum atomic E-state index is 12.1. The van der Waals surface area contributed by atoms with Crippen molar-refractivity contribution in [3.05, 3.63) is 36.4 Å². The first-order valence-corrected chi connectivity index (χ1v) is 6.73.